The Bertz CT molecular complexity index is 1150. The maximum absolute atomic E-state index is 13.1. The molecule has 0 aliphatic carbocycles. The molecule has 1 aliphatic rings. The summed E-state index contributed by atoms with van der Waals surface area (Å²) in [5, 5.41) is 3.87. The Hall–Kier alpha value is -3.11. The van der Waals surface area contributed by atoms with E-state index in [0.717, 1.165) is 41.7 Å². The van der Waals surface area contributed by atoms with E-state index in [1.54, 1.807) is 14.0 Å². The van der Waals surface area contributed by atoms with Gasteiger partial charge in [0.25, 0.3) is 0 Å². The molecule has 0 radical (unpaired) electrons. The summed E-state index contributed by atoms with van der Waals surface area (Å²) in [7, 11) is 1.61. The van der Waals surface area contributed by atoms with Crippen molar-refractivity contribution in [2.24, 2.45) is 0 Å². The standard InChI is InChI=1S/C23H26F3N5O2/c1-14-29-20-9-16(13-31-3-5-33-6-4-31)21(32-2)11-19(20)22(30-14)28-12-15-7-17(23(24,25)26)10-18(27)8-15/h7-11H,3-6,12-13,27H2,1-2H3,(H,28,29,30). The lowest BCUT2D eigenvalue weighted by Gasteiger charge is -2.27. The van der Waals surface area contributed by atoms with E-state index in [-0.39, 0.29) is 12.2 Å². The van der Waals surface area contributed by atoms with Crippen molar-refractivity contribution in [3.63, 3.8) is 0 Å². The molecule has 0 spiro atoms. The summed E-state index contributed by atoms with van der Waals surface area (Å²) in [6.07, 6.45) is -4.47. The summed E-state index contributed by atoms with van der Waals surface area (Å²) in [6.45, 7) is 5.69. The number of anilines is 2. The largest absolute Gasteiger partial charge is 0.496 e. The van der Waals surface area contributed by atoms with Gasteiger partial charge in [0.2, 0.25) is 0 Å². The monoisotopic (exact) mass is 461 g/mol. The van der Waals surface area contributed by atoms with Crippen LogP contribution in [0, 0.1) is 6.92 Å². The van der Waals surface area contributed by atoms with Crippen LogP contribution in [0.5, 0.6) is 5.75 Å². The highest BCUT2D eigenvalue weighted by Gasteiger charge is 2.31. The minimum Gasteiger partial charge on any atom is -0.496 e. The molecule has 1 saturated heterocycles. The third-order valence-corrected chi connectivity index (χ3v) is 5.51. The fraction of sp³-hybridized carbons (Fsp3) is 0.391. The molecule has 33 heavy (non-hydrogen) atoms. The van der Waals surface area contributed by atoms with Gasteiger partial charge in [-0.1, -0.05) is 0 Å². The van der Waals surface area contributed by atoms with Crippen LogP contribution >= 0.6 is 0 Å². The second-order valence-electron chi connectivity index (χ2n) is 8.00. The van der Waals surface area contributed by atoms with Crippen LogP contribution in [0.2, 0.25) is 0 Å². The first-order valence-corrected chi connectivity index (χ1v) is 10.6. The molecule has 0 saturated carbocycles. The molecule has 4 rings (SSSR count). The van der Waals surface area contributed by atoms with Gasteiger partial charge in [0.05, 0.1) is 31.4 Å². The third-order valence-electron chi connectivity index (χ3n) is 5.51. The van der Waals surface area contributed by atoms with E-state index in [4.69, 9.17) is 15.2 Å². The number of morpholine rings is 1. The minimum absolute atomic E-state index is 0.0553. The Labute approximate surface area is 189 Å². The summed E-state index contributed by atoms with van der Waals surface area (Å²) in [5.41, 5.74) is 7.11. The van der Waals surface area contributed by atoms with Crippen molar-refractivity contribution < 1.29 is 22.6 Å². The molecular weight excluding hydrogens is 435 g/mol. The van der Waals surface area contributed by atoms with Crippen molar-refractivity contribution in [2.45, 2.75) is 26.2 Å². The quantitative estimate of drug-likeness (QED) is 0.537. The van der Waals surface area contributed by atoms with Gasteiger partial charge >= 0.3 is 6.18 Å². The number of nitrogens with zero attached hydrogens (tertiary/aromatic N) is 3. The van der Waals surface area contributed by atoms with Crippen molar-refractivity contribution in [3.8, 4) is 5.75 Å². The molecule has 0 bridgehead atoms. The fourth-order valence-electron chi connectivity index (χ4n) is 3.93. The van der Waals surface area contributed by atoms with Crippen LogP contribution in [0.1, 0.15) is 22.5 Å². The average molecular weight is 461 g/mol. The molecule has 3 aromatic rings. The number of nitrogens with one attached hydrogen (secondary N) is 1. The van der Waals surface area contributed by atoms with E-state index in [0.29, 0.717) is 42.7 Å². The molecular formula is C23H26F3N5O2. The van der Waals surface area contributed by atoms with Gasteiger partial charge in [-0.2, -0.15) is 13.2 Å². The highest BCUT2D eigenvalue weighted by molar-refractivity contribution is 5.91. The smallest absolute Gasteiger partial charge is 0.416 e. The van der Waals surface area contributed by atoms with Gasteiger partial charge in [-0.3, -0.25) is 4.90 Å². The zero-order chi connectivity index (χ0) is 23.6. The van der Waals surface area contributed by atoms with Gasteiger partial charge in [0.1, 0.15) is 17.4 Å². The number of ether oxygens (including phenoxy) is 2. The van der Waals surface area contributed by atoms with Crippen molar-refractivity contribution in [2.75, 3.05) is 44.5 Å². The van der Waals surface area contributed by atoms with Gasteiger partial charge in [0.15, 0.2) is 0 Å². The first kappa shape index (κ1) is 23.1. The van der Waals surface area contributed by atoms with Crippen molar-refractivity contribution in [1.82, 2.24) is 14.9 Å². The lowest BCUT2D eigenvalue weighted by molar-refractivity contribution is -0.137. The topological polar surface area (TPSA) is 85.5 Å². The third kappa shape index (κ3) is 5.45. The summed E-state index contributed by atoms with van der Waals surface area (Å²) < 4.78 is 50.5. The molecule has 176 valence electrons. The Morgan fingerprint density at radius 2 is 1.88 bits per heavy atom. The van der Waals surface area contributed by atoms with Gasteiger partial charge in [-0.15, -0.1) is 0 Å². The maximum Gasteiger partial charge on any atom is 0.416 e. The first-order valence-electron chi connectivity index (χ1n) is 10.6. The maximum atomic E-state index is 13.1. The van der Waals surface area contributed by atoms with Crippen molar-refractivity contribution in [3.05, 3.63) is 52.8 Å². The number of hydrogen-bond donors (Lipinski definition) is 2. The van der Waals surface area contributed by atoms with Crippen LogP contribution < -0.4 is 15.8 Å². The number of halogens is 3. The molecule has 2 heterocycles. The molecule has 7 nitrogen and oxygen atoms in total. The predicted octanol–water partition coefficient (Wildman–Crippen LogP) is 3.99. The second-order valence-corrected chi connectivity index (χ2v) is 8.00. The van der Waals surface area contributed by atoms with E-state index in [1.165, 1.54) is 6.07 Å². The Kier molecular flexibility index (Phi) is 6.57. The zero-order valence-electron chi connectivity index (χ0n) is 18.5. The van der Waals surface area contributed by atoms with E-state index >= 15 is 0 Å². The molecule has 2 aromatic carbocycles. The number of aromatic nitrogens is 2. The predicted molar refractivity (Wildman–Crippen MR) is 120 cm³/mol. The lowest BCUT2D eigenvalue weighted by Crippen LogP contribution is -2.35. The van der Waals surface area contributed by atoms with Crippen LogP contribution in [-0.4, -0.2) is 48.3 Å². The number of methoxy groups -OCH3 is 1. The van der Waals surface area contributed by atoms with Crippen LogP contribution in [0.25, 0.3) is 10.9 Å². The highest BCUT2D eigenvalue weighted by Crippen LogP contribution is 2.33. The van der Waals surface area contributed by atoms with Crippen molar-refractivity contribution >= 4 is 22.4 Å². The molecule has 1 aromatic heterocycles. The van der Waals surface area contributed by atoms with Crippen LogP contribution in [-0.2, 0) is 24.0 Å². The summed E-state index contributed by atoms with van der Waals surface area (Å²) >= 11 is 0. The molecule has 3 N–H and O–H groups in total. The second kappa shape index (κ2) is 9.40. The molecule has 0 atom stereocenters. The van der Waals surface area contributed by atoms with E-state index in [1.807, 2.05) is 12.1 Å². The van der Waals surface area contributed by atoms with Crippen LogP contribution in [0.3, 0.4) is 0 Å². The number of nitrogens with two attached hydrogens (primary N) is 1. The Morgan fingerprint density at radius 1 is 1.12 bits per heavy atom. The van der Waals surface area contributed by atoms with Gasteiger partial charge < -0.3 is 20.5 Å². The molecule has 1 aliphatic heterocycles. The number of aryl methyl sites for hydroxylation is 1. The van der Waals surface area contributed by atoms with Crippen molar-refractivity contribution in [1.29, 1.82) is 0 Å². The molecule has 0 amide bonds. The Morgan fingerprint density at radius 3 is 2.58 bits per heavy atom. The van der Waals surface area contributed by atoms with Gasteiger partial charge in [-0.05, 0) is 42.8 Å². The molecule has 10 heteroatoms. The minimum atomic E-state index is -4.47. The van der Waals surface area contributed by atoms with Crippen LogP contribution in [0.4, 0.5) is 24.7 Å². The van der Waals surface area contributed by atoms with Gasteiger partial charge in [0, 0.05) is 42.8 Å². The van der Waals surface area contributed by atoms with Gasteiger partial charge in [-0.25, -0.2) is 9.97 Å². The van der Waals surface area contributed by atoms with Crippen LogP contribution in [0.15, 0.2) is 30.3 Å². The van der Waals surface area contributed by atoms with E-state index < -0.39 is 11.7 Å². The number of alkyl halides is 3. The average Bonchev–Trinajstić information content (AvgIpc) is 2.76. The summed E-state index contributed by atoms with van der Waals surface area (Å²) in [4.78, 5) is 11.3. The highest BCUT2D eigenvalue weighted by atomic mass is 19.4. The molecule has 0 unspecified atom stereocenters. The fourth-order valence-corrected chi connectivity index (χ4v) is 3.93. The number of rotatable bonds is 6. The number of benzene rings is 2. The number of fused-ring (bicyclic) bond motifs is 1. The SMILES string of the molecule is COc1cc2c(NCc3cc(N)cc(C(F)(F)F)c3)nc(C)nc2cc1CN1CCOCC1. The Balaban J connectivity index is 1.63. The summed E-state index contributed by atoms with van der Waals surface area (Å²) in [6, 6.07) is 7.37. The first-order chi connectivity index (χ1) is 15.7. The zero-order valence-corrected chi connectivity index (χ0v) is 18.5. The normalized spacial score (nSPS) is 15.1. The molecule has 1 fully saturated rings. The van der Waals surface area contributed by atoms with E-state index in [2.05, 4.69) is 20.2 Å². The van der Waals surface area contributed by atoms with E-state index in [9.17, 15) is 13.2 Å². The lowest BCUT2D eigenvalue weighted by atomic mass is 10.1. The number of hydrogen-bond acceptors (Lipinski definition) is 7. The number of nitrogen functional groups attached to an aromatic ring is 1. The summed E-state index contributed by atoms with van der Waals surface area (Å²) in [5.74, 6) is 1.77.